The first-order valence-electron chi connectivity index (χ1n) is 5.91. The number of ether oxygens (including phenoxy) is 1. The largest absolute Gasteiger partial charge is 0.496 e. The van der Waals surface area contributed by atoms with Gasteiger partial charge in [0.05, 0.1) is 18.8 Å². The van der Waals surface area contributed by atoms with Crippen molar-refractivity contribution in [2.45, 2.75) is 18.9 Å². The van der Waals surface area contributed by atoms with Crippen LogP contribution in [-0.2, 0) is 0 Å². The van der Waals surface area contributed by atoms with Crippen LogP contribution in [0.4, 0.5) is 0 Å². The van der Waals surface area contributed by atoms with Crippen LogP contribution in [-0.4, -0.2) is 30.8 Å². The molecule has 2 N–H and O–H groups in total. The minimum atomic E-state index is -0.459. The first kappa shape index (κ1) is 13.2. The molecule has 0 heterocycles. The van der Waals surface area contributed by atoms with Crippen molar-refractivity contribution in [2.24, 2.45) is 5.92 Å². The molecule has 98 valence electrons. The van der Waals surface area contributed by atoms with Crippen LogP contribution in [0.25, 0.3) is 0 Å². The van der Waals surface area contributed by atoms with E-state index in [1.54, 1.807) is 18.2 Å². The van der Waals surface area contributed by atoms with Gasteiger partial charge in [0.25, 0.3) is 5.91 Å². The second-order valence-electron chi connectivity index (χ2n) is 4.46. The summed E-state index contributed by atoms with van der Waals surface area (Å²) in [6.07, 6.45) is 1.62. The lowest BCUT2D eigenvalue weighted by molar-refractivity contribution is 0.0898. The molecule has 2 rings (SSSR count). The molecular formula is C13H16ClNO3. The van der Waals surface area contributed by atoms with E-state index < -0.39 is 6.10 Å². The van der Waals surface area contributed by atoms with Crippen molar-refractivity contribution >= 4 is 17.5 Å². The van der Waals surface area contributed by atoms with Gasteiger partial charge < -0.3 is 15.2 Å². The van der Waals surface area contributed by atoms with E-state index in [4.69, 9.17) is 16.3 Å². The number of amides is 1. The van der Waals surface area contributed by atoms with Gasteiger partial charge in [0.1, 0.15) is 5.75 Å². The van der Waals surface area contributed by atoms with Gasteiger partial charge in [-0.1, -0.05) is 11.6 Å². The van der Waals surface area contributed by atoms with E-state index in [2.05, 4.69) is 5.32 Å². The molecule has 1 saturated carbocycles. The lowest BCUT2D eigenvalue weighted by Gasteiger charge is -2.12. The number of benzene rings is 1. The number of halogens is 1. The molecule has 0 spiro atoms. The van der Waals surface area contributed by atoms with Gasteiger partial charge in [0.15, 0.2) is 0 Å². The average Bonchev–Trinajstić information content (AvgIpc) is 3.19. The predicted octanol–water partition coefficient (Wildman–Crippen LogP) is 1.85. The highest BCUT2D eigenvalue weighted by Crippen LogP contribution is 2.32. The van der Waals surface area contributed by atoms with Gasteiger partial charge in [0, 0.05) is 11.6 Å². The summed E-state index contributed by atoms with van der Waals surface area (Å²) < 4.78 is 5.11. The molecule has 1 aliphatic carbocycles. The van der Waals surface area contributed by atoms with Crippen LogP contribution in [0.15, 0.2) is 18.2 Å². The highest BCUT2D eigenvalue weighted by atomic mass is 35.5. The van der Waals surface area contributed by atoms with E-state index in [0.29, 0.717) is 22.3 Å². The lowest BCUT2D eigenvalue weighted by atomic mass is 10.1. The van der Waals surface area contributed by atoms with Crippen LogP contribution in [0.1, 0.15) is 23.2 Å². The van der Waals surface area contributed by atoms with Gasteiger partial charge in [-0.2, -0.15) is 0 Å². The maximum atomic E-state index is 12.0. The number of aliphatic hydroxyl groups excluding tert-OH is 1. The lowest BCUT2D eigenvalue weighted by Crippen LogP contribution is -2.33. The Balaban J connectivity index is 2.00. The topological polar surface area (TPSA) is 58.6 Å². The van der Waals surface area contributed by atoms with Gasteiger partial charge in [-0.05, 0) is 37.0 Å². The zero-order valence-corrected chi connectivity index (χ0v) is 10.9. The van der Waals surface area contributed by atoms with Crippen molar-refractivity contribution in [1.82, 2.24) is 5.32 Å². The maximum absolute atomic E-state index is 12.0. The van der Waals surface area contributed by atoms with E-state index in [1.165, 1.54) is 7.11 Å². The van der Waals surface area contributed by atoms with E-state index in [9.17, 15) is 9.90 Å². The smallest absolute Gasteiger partial charge is 0.255 e. The van der Waals surface area contributed by atoms with Crippen LogP contribution < -0.4 is 10.1 Å². The molecule has 1 aliphatic rings. The fraction of sp³-hybridized carbons (Fsp3) is 0.462. The third kappa shape index (κ3) is 3.15. The van der Waals surface area contributed by atoms with Crippen LogP contribution in [0.3, 0.4) is 0 Å². The summed E-state index contributed by atoms with van der Waals surface area (Å²) in [5.74, 6) is 0.526. The SMILES string of the molecule is COc1ccc(Cl)cc1C(=O)NCC(O)C1CC1. The van der Waals surface area contributed by atoms with Crippen molar-refractivity contribution in [3.8, 4) is 5.75 Å². The summed E-state index contributed by atoms with van der Waals surface area (Å²) in [5, 5.41) is 12.9. The van der Waals surface area contributed by atoms with E-state index in [0.717, 1.165) is 12.8 Å². The van der Waals surface area contributed by atoms with Crippen LogP contribution in [0, 0.1) is 5.92 Å². The summed E-state index contributed by atoms with van der Waals surface area (Å²) in [4.78, 5) is 12.0. The van der Waals surface area contributed by atoms with Crippen molar-refractivity contribution in [3.63, 3.8) is 0 Å². The molecule has 1 fully saturated rings. The number of rotatable bonds is 5. The Morgan fingerprint density at radius 2 is 2.33 bits per heavy atom. The summed E-state index contributed by atoms with van der Waals surface area (Å²) >= 11 is 5.86. The zero-order chi connectivity index (χ0) is 13.1. The Labute approximate surface area is 111 Å². The molecule has 1 atom stereocenters. The van der Waals surface area contributed by atoms with E-state index in [1.807, 2.05) is 0 Å². The number of aliphatic hydroxyl groups is 1. The highest BCUT2D eigenvalue weighted by molar-refractivity contribution is 6.31. The Hall–Kier alpha value is -1.26. The molecule has 18 heavy (non-hydrogen) atoms. The number of nitrogens with one attached hydrogen (secondary N) is 1. The predicted molar refractivity (Wildman–Crippen MR) is 69.1 cm³/mol. The zero-order valence-electron chi connectivity index (χ0n) is 10.1. The summed E-state index contributed by atoms with van der Waals surface area (Å²) in [5.41, 5.74) is 0.382. The van der Waals surface area contributed by atoms with Gasteiger partial charge in [0.2, 0.25) is 0 Å². The minimum absolute atomic E-state index is 0.263. The molecule has 1 aromatic rings. The number of hydrogen-bond donors (Lipinski definition) is 2. The third-order valence-electron chi connectivity index (χ3n) is 3.04. The molecular weight excluding hydrogens is 254 g/mol. The number of methoxy groups -OCH3 is 1. The molecule has 1 unspecified atom stereocenters. The maximum Gasteiger partial charge on any atom is 0.255 e. The van der Waals surface area contributed by atoms with Crippen molar-refractivity contribution in [1.29, 1.82) is 0 Å². The molecule has 0 saturated heterocycles. The third-order valence-corrected chi connectivity index (χ3v) is 3.28. The number of hydrogen-bond acceptors (Lipinski definition) is 3. The van der Waals surface area contributed by atoms with Gasteiger partial charge in [-0.25, -0.2) is 0 Å². The Kier molecular flexibility index (Phi) is 4.09. The molecule has 5 heteroatoms. The normalized spacial score (nSPS) is 16.2. The second kappa shape index (κ2) is 5.59. The second-order valence-corrected chi connectivity index (χ2v) is 4.90. The number of carbonyl (C=O) groups excluding carboxylic acids is 1. The van der Waals surface area contributed by atoms with Gasteiger partial charge in [-0.3, -0.25) is 4.79 Å². The Morgan fingerprint density at radius 3 is 2.94 bits per heavy atom. The summed E-state index contributed by atoms with van der Waals surface area (Å²) in [6, 6.07) is 4.87. The molecule has 0 bridgehead atoms. The fourth-order valence-corrected chi connectivity index (χ4v) is 1.97. The molecule has 0 radical (unpaired) electrons. The average molecular weight is 270 g/mol. The van der Waals surface area contributed by atoms with Crippen LogP contribution in [0.5, 0.6) is 5.75 Å². The van der Waals surface area contributed by atoms with Crippen LogP contribution >= 0.6 is 11.6 Å². The monoisotopic (exact) mass is 269 g/mol. The van der Waals surface area contributed by atoms with Gasteiger partial charge in [-0.15, -0.1) is 0 Å². The minimum Gasteiger partial charge on any atom is -0.496 e. The quantitative estimate of drug-likeness (QED) is 0.858. The number of carbonyl (C=O) groups is 1. The fourth-order valence-electron chi connectivity index (χ4n) is 1.80. The molecule has 0 aliphatic heterocycles. The molecule has 1 amide bonds. The summed E-state index contributed by atoms with van der Waals surface area (Å²) in [7, 11) is 1.50. The summed E-state index contributed by atoms with van der Waals surface area (Å²) in [6.45, 7) is 0.263. The van der Waals surface area contributed by atoms with Crippen LogP contribution in [0.2, 0.25) is 5.02 Å². The standard InChI is InChI=1S/C13H16ClNO3/c1-18-12-5-4-9(14)6-10(12)13(17)15-7-11(16)8-2-3-8/h4-6,8,11,16H,2-3,7H2,1H3,(H,15,17). The highest BCUT2D eigenvalue weighted by Gasteiger charge is 2.29. The van der Waals surface area contributed by atoms with Crippen molar-refractivity contribution in [3.05, 3.63) is 28.8 Å². The van der Waals surface area contributed by atoms with E-state index >= 15 is 0 Å². The Morgan fingerprint density at radius 1 is 1.61 bits per heavy atom. The molecule has 1 aromatic carbocycles. The molecule has 4 nitrogen and oxygen atoms in total. The first-order chi connectivity index (χ1) is 8.61. The van der Waals surface area contributed by atoms with Crippen molar-refractivity contribution < 1.29 is 14.6 Å². The van der Waals surface area contributed by atoms with Gasteiger partial charge >= 0.3 is 0 Å². The van der Waals surface area contributed by atoms with Crippen molar-refractivity contribution in [2.75, 3.05) is 13.7 Å². The molecule has 0 aromatic heterocycles. The first-order valence-corrected chi connectivity index (χ1v) is 6.29. The van der Waals surface area contributed by atoms with E-state index in [-0.39, 0.29) is 12.5 Å². The Bertz CT molecular complexity index is 446.